The Balaban J connectivity index is 2.42. The molecule has 0 spiro atoms. The van der Waals surface area contributed by atoms with Crippen molar-refractivity contribution in [3.05, 3.63) is 33.9 Å². The molecule has 24 heavy (non-hydrogen) atoms. The summed E-state index contributed by atoms with van der Waals surface area (Å²) in [4.78, 5) is 13.1. The number of rotatable bonds is 6. The highest BCUT2D eigenvalue weighted by Crippen LogP contribution is 2.37. The highest BCUT2D eigenvalue weighted by molar-refractivity contribution is 6.62. The van der Waals surface area contributed by atoms with Crippen LogP contribution < -0.4 is 5.46 Å². The lowest BCUT2D eigenvalue weighted by Crippen LogP contribution is -2.41. The van der Waals surface area contributed by atoms with Gasteiger partial charge in [-0.2, -0.15) is 0 Å². The van der Waals surface area contributed by atoms with Crippen LogP contribution in [0.1, 0.15) is 47.1 Å². The van der Waals surface area contributed by atoms with Crippen molar-refractivity contribution in [3.8, 4) is 0 Å². The van der Waals surface area contributed by atoms with Gasteiger partial charge in [-0.25, -0.2) is 0 Å². The SMILES string of the molecule is CCN(CC)Cc1ccc([N+](=O)[O-])cc1B1OC(C)(C)C(C)(C)O1. The van der Waals surface area contributed by atoms with Gasteiger partial charge in [0.1, 0.15) is 0 Å². The van der Waals surface area contributed by atoms with Gasteiger partial charge in [-0.15, -0.1) is 0 Å². The summed E-state index contributed by atoms with van der Waals surface area (Å²) < 4.78 is 12.2. The topological polar surface area (TPSA) is 64.8 Å². The molecule has 0 aromatic heterocycles. The zero-order valence-electron chi connectivity index (χ0n) is 15.5. The number of nitro benzene ring substituents is 1. The monoisotopic (exact) mass is 334 g/mol. The maximum atomic E-state index is 11.2. The van der Waals surface area contributed by atoms with Crippen molar-refractivity contribution in [2.45, 2.75) is 59.3 Å². The minimum atomic E-state index is -0.597. The molecule has 0 saturated carbocycles. The molecule has 132 valence electrons. The highest BCUT2D eigenvalue weighted by Gasteiger charge is 2.52. The third-order valence-corrected chi connectivity index (χ3v) is 5.14. The molecular weight excluding hydrogens is 307 g/mol. The van der Waals surface area contributed by atoms with Gasteiger partial charge in [0.15, 0.2) is 0 Å². The first-order valence-corrected chi connectivity index (χ1v) is 8.46. The summed E-state index contributed by atoms with van der Waals surface area (Å²) >= 11 is 0. The largest absolute Gasteiger partial charge is 0.495 e. The summed E-state index contributed by atoms with van der Waals surface area (Å²) in [5.41, 5.74) is 0.851. The molecular formula is C17H27BN2O4. The second-order valence-electron chi connectivity index (χ2n) is 7.19. The number of hydrogen-bond acceptors (Lipinski definition) is 5. The van der Waals surface area contributed by atoms with Crippen LogP contribution in [0.15, 0.2) is 18.2 Å². The van der Waals surface area contributed by atoms with Crippen LogP contribution in [0.2, 0.25) is 0 Å². The number of nitro groups is 1. The molecule has 1 fully saturated rings. The maximum Gasteiger partial charge on any atom is 0.495 e. The molecule has 0 radical (unpaired) electrons. The molecule has 1 aliphatic heterocycles. The second kappa shape index (κ2) is 6.82. The minimum absolute atomic E-state index is 0.0583. The molecule has 2 rings (SSSR count). The Morgan fingerprint density at radius 3 is 2.12 bits per heavy atom. The van der Waals surface area contributed by atoms with Crippen LogP contribution in [0.3, 0.4) is 0 Å². The van der Waals surface area contributed by atoms with Crippen LogP contribution in [0, 0.1) is 10.1 Å². The summed E-state index contributed by atoms with van der Waals surface area (Å²) in [6.45, 7) is 14.7. The van der Waals surface area contributed by atoms with Crippen molar-refractivity contribution in [2.75, 3.05) is 13.1 Å². The fourth-order valence-corrected chi connectivity index (χ4v) is 2.72. The normalized spacial score (nSPS) is 19.0. The molecule has 7 heteroatoms. The van der Waals surface area contributed by atoms with Crippen molar-refractivity contribution < 1.29 is 14.2 Å². The van der Waals surface area contributed by atoms with Gasteiger partial charge in [-0.3, -0.25) is 15.0 Å². The van der Waals surface area contributed by atoms with Crippen molar-refractivity contribution in [1.29, 1.82) is 0 Å². The Hall–Kier alpha value is -1.44. The first kappa shape index (κ1) is 18.9. The van der Waals surface area contributed by atoms with Gasteiger partial charge in [0.05, 0.1) is 16.1 Å². The van der Waals surface area contributed by atoms with Crippen molar-refractivity contribution >= 4 is 18.3 Å². The summed E-state index contributed by atoms with van der Waals surface area (Å²) in [6.07, 6.45) is 0. The molecule has 0 aliphatic carbocycles. The number of non-ortho nitro benzene ring substituents is 1. The molecule has 1 saturated heterocycles. The zero-order valence-corrected chi connectivity index (χ0v) is 15.5. The van der Waals surface area contributed by atoms with Crippen LogP contribution in [0.25, 0.3) is 0 Å². The van der Waals surface area contributed by atoms with E-state index in [4.69, 9.17) is 9.31 Å². The fourth-order valence-electron chi connectivity index (χ4n) is 2.72. The predicted molar refractivity (Wildman–Crippen MR) is 95.4 cm³/mol. The predicted octanol–water partition coefficient (Wildman–Crippen LogP) is 2.74. The molecule has 0 atom stereocenters. The second-order valence-corrected chi connectivity index (χ2v) is 7.19. The van der Waals surface area contributed by atoms with Crippen molar-refractivity contribution in [2.24, 2.45) is 0 Å². The average Bonchev–Trinajstić information content (AvgIpc) is 2.72. The van der Waals surface area contributed by atoms with E-state index in [-0.39, 0.29) is 10.6 Å². The summed E-state index contributed by atoms with van der Waals surface area (Å²) in [7, 11) is -0.597. The van der Waals surface area contributed by atoms with E-state index in [0.29, 0.717) is 6.54 Å². The Bertz CT molecular complexity index is 599. The van der Waals surface area contributed by atoms with Crippen LogP contribution in [-0.4, -0.2) is 41.2 Å². The standard InChI is InChI=1S/C17H27BN2O4/c1-7-19(8-2)12-13-9-10-14(20(21)22)11-15(13)18-23-16(3,4)17(5,6)24-18/h9-11H,7-8,12H2,1-6H3. The third kappa shape index (κ3) is 3.63. The number of nitrogens with zero attached hydrogens (tertiary/aromatic N) is 2. The summed E-state index contributed by atoms with van der Waals surface area (Å²) in [5, 5.41) is 11.2. The van der Waals surface area contributed by atoms with E-state index in [9.17, 15) is 10.1 Å². The number of benzene rings is 1. The molecule has 0 N–H and O–H groups in total. The van der Waals surface area contributed by atoms with Gasteiger partial charge in [-0.1, -0.05) is 19.9 Å². The van der Waals surface area contributed by atoms with Crippen molar-refractivity contribution in [3.63, 3.8) is 0 Å². The average molecular weight is 334 g/mol. The lowest BCUT2D eigenvalue weighted by atomic mass is 9.75. The van der Waals surface area contributed by atoms with Gasteiger partial charge in [0, 0.05) is 18.7 Å². The van der Waals surface area contributed by atoms with E-state index >= 15 is 0 Å². The molecule has 1 heterocycles. The Kier molecular flexibility index (Phi) is 5.37. The maximum absolute atomic E-state index is 11.2. The van der Waals surface area contributed by atoms with Gasteiger partial charge in [-0.05, 0) is 51.8 Å². The minimum Gasteiger partial charge on any atom is -0.399 e. The molecule has 0 unspecified atom stereocenters. The van der Waals surface area contributed by atoms with Gasteiger partial charge in [0.2, 0.25) is 0 Å². The van der Waals surface area contributed by atoms with Crippen LogP contribution in [0.4, 0.5) is 5.69 Å². The van der Waals surface area contributed by atoms with E-state index in [1.54, 1.807) is 12.1 Å². The molecule has 1 aromatic carbocycles. The quantitative estimate of drug-likeness (QED) is 0.455. The molecule has 0 amide bonds. The van der Waals surface area contributed by atoms with Crippen molar-refractivity contribution in [1.82, 2.24) is 4.90 Å². The molecule has 1 aromatic rings. The smallest absolute Gasteiger partial charge is 0.399 e. The van der Waals surface area contributed by atoms with E-state index < -0.39 is 18.3 Å². The lowest BCUT2D eigenvalue weighted by molar-refractivity contribution is -0.384. The fraction of sp³-hybridized carbons (Fsp3) is 0.647. The highest BCUT2D eigenvalue weighted by atomic mass is 16.7. The van der Waals surface area contributed by atoms with E-state index in [1.165, 1.54) is 0 Å². The molecule has 1 aliphatic rings. The van der Waals surface area contributed by atoms with E-state index in [2.05, 4.69) is 18.7 Å². The first-order valence-electron chi connectivity index (χ1n) is 8.46. The Morgan fingerprint density at radius 1 is 1.12 bits per heavy atom. The Labute approximate surface area is 144 Å². The molecule has 0 bridgehead atoms. The first-order chi connectivity index (χ1) is 11.1. The van der Waals surface area contributed by atoms with Gasteiger partial charge in [0.25, 0.3) is 5.69 Å². The molecule has 6 nitrogen and oxygen atoms in total. The summed E-state index contributed by atoms with van der Waals surface area (Å²) in [5.74, 6) is 0. The third-order valence-electron chi connectivity index (χ3n) is 5.14. The number of hydrogen-bond donors (Lipinski definition) is 0. The zero-order chi connectivity index (χ0) is 18.1. The van der Waals surface area contributed by atoms with Gasteiger partial charge >= 0.3 is 7.12 Å². The van der Waals surface area contributed by atoms with Crippen LogP contribution in [-0.2, 0) is 15.9 Å². The van der Waals surface area contributed by atoms with E-state index in [0.717, 1.165) is 24.1 Å². The summed E-state index contributed by atoms with van der Waals surface area (Å²) in [6, 6.07) is 4.95. The Morgan fingerprint density at radius 2 is 1.67 bits per heavy atom. The van der Waals surface area contributed by atoms with Gasteiger partial charge < -0.3 is 9.31 Å². The van der Waals surface area contributed by atoms with Crippen LogP contribution in [0.5, 0.6) is 0 Å². The van der Waals surface area contributed by atoms with E-state index in [1.807, 2.05) is 33.8 Å². The lowest BCUT2D eigenvalue weighted by Gasteiger charge is -2.32. The van der Waals surface area contributed by atoms with Crippen LogP contribution >= 0.6 is 0 Å².